The van der Waals surface area contributed by atoms with Crippen molar-refractivity contribution < 1.29 is 9.21 Å². The number of aromatic nitrogens is 3. The largest absolute Gasteiger partial charge is 0.421 e. The van der Waals surface area contributed by atoms with Crippen LogP contribution in [0.25, 0.3) is 38.6 Å². The van der Waals surface area contributed by atoms with Crippen molar-refractivity contribution in [2.24, 2.45) is 0 Å². The van der Waals surface area contributed by atoms with Crippen LogP contribution in [0.3, 0.4) is 0 Å². The number of carbonyl (C=O) groups excluding carboxylic acids is 1. The highest BCUT2D eigenvalue weighted by Gasteiger charge is 2.17. The van der Waals surface area contributed by atoms with Gasteiger partial charge in [-0.3, -0.25) is 4.79 Å². The summed E-state index contributed by atoms with van der Waals surface area (Å²) in [6.45, 7) is 0. The van der Waals surface area contributed by atoms with Crippen molar-refractivity contribution in [3.8, 4) is 27.6 Å². The fourth-order valence-corrected chi connectivity index (χ4v) is 4.52. The molecule has 2 aromatic carbocycles. The quantitative estimate of drug-likeness (QED) is 0.243. The summed E-state index contributed by atoms with van der Waals surface area (Å²) in [4.78, 5) is 28.6. The van der Waals surface area contributed by atoms with Crippen LogP contribution in [0.15, 0.2) is 69.3 Å². The number of hydrogen-bond donors (Lipinski definition) is 0. The Hall–Kier alpha value is -3.26. The summed E-state index contributed by atoms with van der Waals surface area (Å²) in [5, 5.41) is 8.04. The van der Waals surface area contributed by atoms with Crippen LogP contribution < -0.4 is 5.63 Å². The van der Waals surface area contributed by atoms with Crippen LogP contribution in [0.1, 0.15) is 10.4 Å². The maximum atomic E-state index is 12.5. The molecule has 31 heavy (non-hydrogen) atoms. The van der Waals surface area contributed by atoms with Crippen molar-refractivity contribution in [2.75, 3.05) is 0 Å². The van der Waals surface area contributed by atoms with Crippen molar-refractivity contribution in [3.05, 3.63) is 86.1 Å². The second-order valence-electron chi connectivity index (χ2n) is 6.63. The first-order valence-corrected chi connectivity index (χ1v) is 10.7. The predicted octanol–water partition coefficient (Wildman–Crippen LogP) is 5.89. The van der Waals surface area contributed by atoms with Crippen LogP contribution in [0, 0.1) is 0 Å². The molecule has 0 fully saturated rings. The Morgan fingerprint density at radius 2 is 1.90 bits per heavy atom. The zero-order valence-electron chi connectivity index (χ0n) is 15.6. The van der Waals surface area contributed by atoms with E-state index in [4.69, 9.17) is 27.6 Å². The van der Waals surface area contributed by atoms with Gasteiger partial charge in [-0.25, -0.2) is 14.5 Å². The third-order valence-corrected chi connectivity index (χ3v) is 5.96. The van der Waals surface area contributed by atoms with Gasteiger partial charge in [0.1, 0.15) is 5.69 Å². The van der Waals surface area contributed by atoms with Gasteiger partial charge in [0.2, 0.25) is 5.13 Å². The van der Waals surface area contributed by atoms with Crippen molar-refractivity contribution in [2.45, 2.75) is 0 Å². The monoisotopic (exact) mass is 467 g/mol. The molecule has 0 saturated heterocycles. The maximum Gasteiger partial charge on any atom is 0.345 e. The first kappa shape index (κ1) is 19.7. The Labute approximate surface area is 189 Å². The van der Waals surface area contributed by atoms with Gasteiger partial charge in [0.15, 0.2) is 11.9 Å². The first-order chi connectivity index (χ1) is 15.0. The fraction of sp³-hybridized carbons (Fsp3) is 0. The van der Waals surface area contributed by atoms with E-state index in [1.54, 1.807) is 23.7 Å². The van der Waals surface area contributed by atoms with Crippen LogP contribution in [-0.2, 0) is 0 Å². The molecule has 0 aliphatic carbocycles. The van der Waals surface area contributed by atoms with Gasteiger partial charge in [0.05, 0.1) is 21.8 Å². The van der Waals surface area contributed by atoms with Gasteiger partial charge >= 0.3 is 5.63 Å². The molecular weight excluding hydrogens is 457 g/mol. The molecule has 0 amide bonds. The molecule has 5 aromatic rings. The highest BCUT2D eigenvalue weighted by molar-refractivity contribution is 7.12. The molecule has 0 unspecified atom stereocenters. The molecule has 152 valence electrons. The summed E-state index contributed by atoms with van der Waals surface area (Å²) < 4.78 is 6.92. The second kappa shape index (κ2) is 7.77. The number of halogens is 2. The highest BCUT2D eigenvalue weighted by Crippen LogP contribution is 2.31. The van der Waals surface area contributed by atoms with Gasteiger partial charge in [-0.1, -0.05) is 53.5 Å². The van der Waals surface area contributed by atoms with Crippen LogP contribution in [0.5, 0.6) is 0 Å². The van der Waals surface area contributed by atoms with E-state index in [0.717, 1.165) is 11.8 Å². The molecule has 0 aliphatic rings. The first-order valence-electron chi connectivity index (χ1n) is 9.03. The lowest BCUT2D eigenvalue weighted by molar-refractivity contribution is 0.112. The normalized spacial score (nSPS) is 11.2. The minimum absolute atomic E-state index is 0.261. The van der Waals surface area contributed by atoms with E-state index in [9.17, 15) is 9.59 Å². The molecule has 5 rings (SSSR count). The Balaban J connectivity index is 1.58. The summed E-state index contributed by atoms with van der Waals surface area (Å²) in [6, 6.07) is 14.2. The molecule has 3 heterocycles. The number of benzene rings is 2. The lowest BCUT2D eigenvalue weighted by Crippen LogP contribution is -2.03. The fourth-order valence-electron chi connectivity index (χ4n) is 3.22. The van der Waals surface area contributed by atoms with Gasteiger partial charge in [0, 0.05) is 27.5 Å². The lowest BCUT2D eigenvalue weighted by atomic mass is 10.1. The number of nitrogens with zero attached hydrogens (tertiary/aromatic N) is 3. The summed E-state index contributed by atoms with van der Waals surface area (Å²) in [5.41, 5.74) is 2.23. The standard InChI is InChI=1S/C22H11Cl2N3O3S/c23-15-6-13-7-16(21(29)30-20(13)17(24)8-15)18-11-31-22(25-18)27-9-14(10-28)19(26-27)12-4-2-1-3-5-12/h1-11H. The van der Waals surface area contributed by atoms with Gasteiger partial charge < -0.3 is 4.42 Å². The third kappa shape index (κ3) is 3.57. The smallest absolute Gasteiger partial charge is 0.345 e. The molecule has 0 saturated carbocycles. The molecule has 0 atom stereocenters. The molecular formula is C22H11Cl2N3O3S. The molecule has 9 heteroatoms. The summed E-state index contributed by atoms with van der Waals surface area (Å²) in [5.74, 6) is 0. The Bertz CT molecular complexity index is 1510. The minimum atomic E-state index is -0.562. The Morgan fingerprint density at radius 3 is 2.68 bits per heavy atom. The summed E-state index contributed by atoms with van der Waals surface area (Å²) in [7, 11) is 0. The maximum absolute atomic E-state index is 12.5. The van der Waals surface area contributed by atoms with Gasteiger partial charge in [0.25, 0.3) is 0 Å². The number of fused-ring (bicyclic) bond motifs is 1. The van der Waals surface area contributed by atoms with E-state index in [0.29, 0.717) is 32.5 Å². The highest BCUT2D eigenvalue weighted by atomic mass is 35.5. The number of hydrogen-bond acceptors (Lipinski definition) is 6. The van der Waals surface area contributed by atoms with Crippen molar-refractivity contribution in [1.82, 2.24) is 14.8 Å². The van der Waals surface area contributed by atoms with Gasteiger partial charge in [-0.15, -0.1) is 11.3 Å². The van der Waals surface area contributed by atoms with E-state index >= 15 is 0 Å². The van der Waals surface area contributed by atoms with Crippen molar-refractivity contribution >= 4 is 51.8 Å². The molecule has 0 N–H and O–H groups in total. The van der Waals surface area contributed by atoms with Crippen molar-refractivity contribution in [3.63, 3.8) is 0 Å². The SMILES string of the molecule is O=Cc1cn(-c2nc(-c3cc4cc(Cl)cc(Cl)c4oc3=O)cs2)nc1-c1ccccc1. The Morgan fingerprint density at radius 1 is 1.10 bits per heavy atom. The van der Waals surface area contributed by atoms with E-state index < -0.39 is 5.63 Å². The molecule has 0 spiro atoms. The topological polar surface area (TPSA) is 78.0 Å². The number of aldehydes is 1. The zero-order valence-corrected chi connectivity index (χ0v) is 17.9. The zero-order chi connectivity index (χ0) is 21.5. The van der Waals surface area contributed by atoms with Crippen molar-refractivity contribution in [1.29, 1.82) is 0 Å². The molecule has 0 bridgehead atoms. The third-order valence-electron chi connectivity index (χ3n) is 4.63. The van der Waals surface area contributed by atoms with Gasteiger partial charge in [-0.05, 0) is 18.2 Å². The summed E-state index contributed by atoms with van der Waals surface area (Å²) >= 11 is 13.5. The lowest BCUT2D eigenvalue weighted by Gasteiger charge is -2.02. The predicted molar refractivity (Wildman–Crippen MR) is 122 cm³/mol. The average Bonchev–Trinajstić information content (AvgIpc) is 3.41. The number of thiazole rings is 1. The molecule has 6 nitrogen and oxygen atoms in total. The molecule has 3 aromatic heterocycles. The van der Waals surface area contributed by atoms with E-state index in [1.165, 1.54) is 22.1 Å². The van der Waals surface area contributed by atoms with Crippen LogP contribution in [0.2, 0.25) is 10.0 Å². The number of rotatable bonds is 4. The van der Waals surface area contributed by atoms with Gasteiger partial charge in [-0.2, -0.15) is 5.10 Å². The summed E-state index contributed by atoms with van der Waals surface area (Å²) in [6.07, 6.45) is 2.37. The van der Waals surface area contributed by atoms with E-state index in [-0.39, 0.29) is 16.2 Å². The molecule has 0 aliphatic heterocycles. The van der Waals surface area contributed by atoms with Crippen LogP contribution in [-0.4, -0.2) is 21.1 Å². The second-order valence-corrected chi connectivity index (χ2v) is 8.31. The van der Waals surface area contributed by atoms with E-state index in [2.05, 4.69) is 10.1 Å². The Kier molecular flexibility index (Phi) is 4.94. The number of carbonyl (C=O) groups is 1. The minimum Gasteiger partial charge on any atom is -0.421 e. The molecule has 0 radical (unpaired) electrons. The van der Waals surface area contributed by atoms with Crippen LogP contribution in [0.4, 0.5) is 0 Å². The van der Waals surface area contributed by atoms with Crippen LogP contribution >= 0.6 is 34.5 Å². The van der Waals surface area contributed by atoms with E-state index in [1.807, 2.05) is 30.3 Å². The average molecular weight is 468 g/mol.